The van der Waals surface area contributed by atoms with Crippen molar-refractivity contribution in [3.8, 4) is 0 Å². The second kappa shape index (κ2) is 6.73. The van der Waals surface area contributed by atoms with E-state index in [-0.39, 0.29) is 24.5 Å². The zero-order chi connectivity index (χ0) is 19.2. The molecule has 3 heterocycles. The van der Waals surface area contributed by atoms with Gasteiger partial charge in [0.1, 0.15) is 11.5 Å². The number of ether oxygens (including phenoxy) is 1. The Morgan fingerprint density at radius 3 is 2.70 bits per heavy atom. The number of carbonyl (C=O) groups excluding carboxylic acids is 2. The number of para-hydroxylation sites is 1. The van der Waals surface area contributed by atoms with Crippen molar-refractivity contribution in [2.24, 2.45) is 0 Å². The lowest BCUT2D eigenvalue weighted by Gasteiger charge is -2.52. The summed E-state index contributed by atoms with van der Waals surface area (Å²) in [6.07, 6.45) is 0.691. The molecule has 1 aromatic heterocycles. The molecule has 0 bridgehead atoms. The minimum atomic E-state index is -0.459. The van der Waals surface area contributed by atoms with Crippen molar-refractivity contribution in [3.63, 3.8) is 0 Å². The number of rotatable bonds is 2. The molecule has 4 rings (SSSR count). The first-order valence-electron chi connectivity index (χ1n) is 9.13. The number of fused-ring (bicyclic) bond motifs is 1. The standard InChI is InChI=1S/C20H23N3O3S/c1-13-18(27-14(2)21-13)19(25)22-10-9-20(3)16(11-22)23(17(24)12-26-20)15-7-5-4-6-8-15/h4-8,16H,9-12H2,1-3H3/t16-,20-/m1/s1. The molecule has 142 valence electrons. The molecule has 0 unspecified atom stereocenters. The Labute approximate surface area is 162 Å². The van der Waals surface area contributed by atoms with Crippen LogP contribution < -0.4 is 4.90 Å². The van der Waals surface area contributed by atoms with Crippen LogP contribution in [-0.4, -0.2) is 53.0 Å². The number of likely N-dealkylation sites (tertiary alicyclic amines) is 1. The van der Waals surface area contributed by atoms with Gasteiger partial charge in [0.15, 0.2) is 0 Å². The highest BCUT2D eigenvalue weighted by Gasteiger charge is 2.50. The lowest BCUT2D eigenvalue weighted by Crippen LogP contribution is -2.68. The van der Waals surface area contributed by atoms with E-state index in [0.717, 1.165) is 16.4 Å². The molecule has 27 heavy (non-hydrogen) atoms. The minimum absolute atomic E-state index is 0.00816. The number of thiazole rings is 1. The van der Waals surface area contributed by atoms with Crippen molar-refractivity contribution in [2.45, 2.75) is 38.8 Å². The summed E-state index contributed by atoms with van der Waals surface area (Å²) in [6, 6.07) is 9.42. The molecular weight excluding hydrogens is 362 g/mol. The smallest absolute Gasteiger partial charge is 0.265 e. The van der Waals surface area contributed by atoms with Crippen LogP contribution in [-0.2, 0) is 9.53 Å². The maximum Gasteiger partial charge on any atom is 0.265 e. The van der Waals surface area contributed by atoms with Crippen LogP contribution in [0.5, 0.6) is 0 Å². The van der Waals surface area contributed by atoms with Crippen LogP contribution >= 0.6 is 11.3 Å². The second-order valence-electron chi connectivity index (χ2n) is 7.37. The lowest BCUT2D eigenvalue weighted by molar-refractivity contribution is -0.149. The molecule has 2 atom stereocenters. The normalized spacial score (nSPS) is 25.4. The average Bonchev–Trinajstić information content (AvgIpc) is 3.00. The fourth-order valence-electron chi connectivity index (χ4n) is 3.98. The molecular formula is C20H23N3O3S. The molecule has 1 aromatic carbocycles. The molecule has 0 spiro atoms. The quantitative estimate of drug-likeness (QED) is 0.798. The Morgan fingerprint density at radius 2 is 2.04 bits per heavy atom. The molecule has 2 aliphatic heterocycles. The van der Waals surface area contributed by atoms with Gasteiger partial charge in [-0.15, -0.1) is 11.3 Å². The summed E-state index contributed by atoms with van der Waals surface area (Å²) in [5.41, 5.74) is 1.16. The third-order valence-electron chi connectivity index (χ3n) is 5.50. The van der Waals surface area contributed by atoms with Crippen molar-refractivity contribution in [2.75, 3.05) is 24.6 Å². The van der Waals surface area contributed by atoms with E-state index in [1.807, 2.05) is 60.9 Å². The number of hydrogen-bond donors (Lipinski definition) is 0. The van der Waals surface area contributed by atoms with Gasteiger partial charge in [0.05, 0.1) is 22.3 Å². The van der Waals surface area contributed by atoms with E-state index in [2.05, 4.69) is 4.98 Å². The average molecular weight is 385 g/mol. The highest BCUT2D eigenvalue weighted by molar-refractivity contribution is 7.13. The summed E-state index contributed by atoms with van der Waals surface area (Å²) >= 11 is 1.43. The largest absolute Gasteiger partial charge is 0.363 e. The van der Waals surface area contributed by atoms with Gasteiger partial charge in [-0.3, -0.25) is 9.59 Å². The first-order valence-corrected chi connectivity index (χ1v) is 9.95. The van der Waals surface area contributed by atoms with Crippen LogP contribution in [0.4, 0.5) is 5.69 Å². The summed E-state index contributed by atoms with van der Waals surface area (Å²) < 4.78 is 5.96. The summed E-state index contributed by atoms with van der Waals surface area (Å²) in [4.78, 5) is 34.5. The summed E-state index contributed by atoms with van der Waals surface area (Å²) in [6.45, 7) is 6.96. The third-order valence-corrected chi connectivity index (χ3v) is 6.56. The van der Waals surface area contributed by atoms with Crippen molar-refractivity contribution >= 4 is 28.8 Å². The number of aryl methyl sites for hydroxylation is 2. The minimum Gasteiger partial charge on any atom is -0.363 e. The number of anilines is 1. The Morgan fingerprint density at radius 1 is 1.30 bits per heavy atom. The molecule has 7 heteroatoms. The molecule has 0 N–H and O–H groups in total. The monoisotopic (exact) mass is 385 g/mol. The van der Waals surface area contributed by atoms with Crippen molar-refractivity contribution < 1.29 is 14.3 Å². The van der Waals surface area contributed by atoms with Gasteiger partial charge in [-0.25, -0.2) is 4.98 Å². The van der Waals surface area contributed by atoms with Gasteiger partial charge >= 0.3 is 0 Å². The molecule has 2 aliphatic rings. The zero-order valence-electron chi connectivity index (χ0n) is 15.8. The molecule has 2 aromatic rings. The number of hydrogen-bond acceptors (Lipinski definition) is 5. The van der Waals surface area contributed by atoms with Crippen LogP contribution in [0.3, 0.4) is 0 Å². The van der Waals surface area contributed by atoms with Crippen molar-refractivity contribution in [3.05, 3.63) is 45.9 Å². The van der Waals surface area contributed by atoms with Crippen LogP contribution in [0.15, 0.2) is 30.3 Å². The van der Waals surface area contributed by atoms with Gasteiger partial charge in [0.25, 0.3) is 11.8 Å². The molecule has 2 amide bonds. The first-order chi connectivity index (χ1) is 12.9. The third kappa shape index (κ3) is 3.15. The van der Waals surface area contributed by atoms with Gasteiger partial charge in [-0.1, -0.05) is 18.2 Å². The number of aromatic nitrogens is 1. The number of nitrogens with zero attached hydrogens (tertiary/aromatic N) is 3. The number of carbonyl (C=O) groups is 2. The van der Waals surface area contributed by atoms with Crippen LogP contribution in [0.1, 0.15) is 33.7 Å². The van der Waals surface area contributed by atoms with E-state index in [1.165, 1.54) is 11.3 Å². The summed E-state index contributed by atoms with van der Waals surface area (Å²) in [5, 5.41) is 0.889. The molecule has 0 saturated carbocycles. The fourth-order valence-corrected chi connectivity index (χ4v) is 4.87. The fraction of sp³-hybridized carbons (Fsp3) is 0.450. The van der Waals surface area contributed by atoms with Crippen molar-refractivity contribution in [1.29, 1.82) is 0 Å². The molecule has 2 saturated heterocycles. The molecule has 2 fully saturated rings. The maximum atomic E-state index is 13.1. The first kappa shape index (κ1) is 18.1. The van der Waals surface area contributed by atoms with Gasteiger partial charge < -0.3 is 14.5 Å². The topological polar surface area (TPSA) is 62.7 Å². The van der Waals surface area contributed by atoms with E-state index in [9.17, 15) is 9.59 Å². The van der Waals surface area contributed by atoms with E-state index in [0.29, 0.717) is 24.4 Å². The highest BCUT2D eigenvalue weighted by atomic mass is 32.1. The van der Waals surface area contributed by atoms with Crippen LogP contribution in [0, 0.1) is 13.8 Å². The summed E-state index contributed by atoms with van der Waals surface area (Å²) in [7, 11) is 0. The predicted molar refractivity (Wildman–Crippen MR) is 104 cm³/mol. The SMILES string of the molecule is Cc1nc(C)c(C(=O)N2CC[C@@]3(C)OCC(=O)N(c4ccccc4)[C@@H]3C2)s1. The number of amides is 2. The maximum absolute atomic E-state index is 13.1. The van der Waals surface area contributed by atoms with Gasteiger partial charge in [0.2, 0.25) is 0 Å². The Balaban J connectivity index is 1.65. The Kier molecular flexibility index (Phi) is 4.52. The van der Waals surface area contributed by atoms with Crippen LogP contribution in [0.25, 0.3) is 0 Å². The summed E-state index contributed by atoms with van der Waals surface area (Å²) in [5.74, 6) is -0.0750. The lowest BCUT2D eigenvalue weighted by atomic mass is 9.85. The second-order valence-corrected chi connectivity index (χ2v) is 8.57. The van der Waals surface area contributed by atoms with E-state index in [4.69, 9.17) is 4.74 Å². The Bertz CT molecular complexity index is 882. The number of piperidine rings is 1. The van der Waals surface area contributed by atoms with E-state index < -0.39 is 5.60 Å². The zero-order valence-corrected chi connectivity index (χ0v) is 16.6. The predicted octanol–water partition coefficient (Wildman–Crippen LogP) is 2.80. The highest BCUT2D eigenvalue weighted by Crippen LogP contribution is 2.37. The number of benzene rings is 1. The van der Waals surface area contributed by atoms with Gasteiger partial charge in [-0.2, -0.15) is 0 Å². The molecule has 0 radical (unpaired) electrons. The van der Waals surface area contributed by atoms with Gasteiger partial charge in [-0.05, 0) is 39.3 Å². The molecule has 0 aliphatic carbocycles. The number of morpholine rings is 1. The van der Waals surface area contributed by atoms with Crippen LogP contribution in [0.2, 0.25) is 0 Å². The van der Waals surface area contributed by atoms with E-state index in [1.54, 1.807) is 0 Å². The van der Waals surface area contributed by atoms with Gasteiger partial charge in [0, 0.05) is 18.8 Å². The van der Waals surface area contributed by atoms with Crippen molar-refractivity contribution in [1.82, 2.24) is 9.88 Å². The molecule has 6 nitrogen and oxygen atoms in total. The Hall–Kier alpha value is -2.25. The van der Waals surface area contributed by atoms with E-state index >= 15 is 0 Å².